The molecular formula is C9H16O. The van der Waals surface area contributed by atoms with Crippen molar-refractivity contribution in [1.29, 1.82) is 0 Å². The molecule has 0 amide bonds. The lowest BCUT2D eigenvalue weighted by Crippen LogP contribution is -1.76. The van der Waals surface area contributed by atoms with Crippen LogP contribution < -0.4 is 0 Å². The summed E-state index contributed by atoms with van der Waals surface area (Å²) < 4.78 is 0. The van der Waals surface area contributed by atoms with Gasteiger partial charge in [-0.3, -0.25) is 0 Å². The number of rotatable bonds is 5. The average molecular weight is 140 g/mol. The first-order chi connectivity index (χ1) is 4.77. The number of hydrogen-bond donors (Lipinski definition) is 1. The monoisotopic (exact) mass is 140 g/mol. The van der Waals surface area contributed by atoms with Crippen molar-refractivity contribution >= 4 is 0 Å². The van der Waals surface area contributed by atoms with E-state index in [4.69, 9.17) is 5.11 Å². The maximum atomic E-state index is 8.41. The summed E-state index contributed by atoms with van der Waals surface area (Å²) in [5, 5.41) is 8.41. The summed E-state index contributed by atoms with van der Waals surface area (Å²) in [6.07, 6.45) is 6.97. The Morgan fingerprint density at radius 2 is 2.00 bits per heavy atom. The van der Waals surface area contributed by atoms with Crippen molar-refractivity contribution in [2.75, 3.05) is 6.61 Å². The predicted molar refractivity (Wildman–Crippen MR) is 44.9 cm³/mol. The number of aliphatic hydroxyl groups excluding tert-OH is 1. The number of hydrogen-bond acceptors (Lipinski definition) is 1. The standard InChI is InChI=1S/C9H16O/c1-9(2)7-5-3-4-6-8-10/h3-4,10H,1,5-8H2,2H3/b4-3+. The van der Waals surface area contributed by atoms with Crippen LogP contribution in [0.15, 0.2) is 24.3 Å². The van der Waals surface area contributed by atoms with E-state index in [-0.39, 0.29) is 6.61 Å². The molecule has 0 heterocycles. The topological polar surface area (TPSA) is 20.2 Å². The average Bonchev–Trinajstić information content (AvgIpc) is 1.87. The Bertz CT molecular complexity index is 114. The van der Waals surface area contributed by atoms with Gasteiger partial charge in [-0.2, -0.15) is 0 Å². The summed E-state index contributed by atoms with van der Waals surface area (Å²) in [5.41, 5.74) is 1.22. The summed E-state index contributed by atoms with van der Waals surface area (Å²) in [7, 11) is 0. The van der Waals surface area contributed by atoms with Crippen molar-refractivity contribution in [1.82, 2.24) is 0 Å². The van der Waals surface area contributed by atoms with Gasteiger partial charge in [0.1, 0.15) is 0 Å². The van der Waals surface area contributed by atoms with Crippen molar-refractivity contribution < 1.29 is 5.11 Å². The molecule has 0 atom stereocenters. The summed E-state index contributed by atoms with van der Waals surface area (Å²) in [4.78, 5) is 0. The molecule has 0 saturated carbocycles. The maximum absolute atomic E-state index is 8.41. The second kappa shape index (κ2) is 6.56. The molecule has 0 aromatic carbocycles. The van der Waals surface area contributed by atoms with Crippen molar-refractivity contribution in [3.8, 4) is 0 Å². The maximum Gasteiger partial charge on any atom is 0.0465 e. The first kappa shape index (κ1) is 9.44. The Morgan fingerprint density at radius 1 is 1.40 bits per heavy atom. The minimum absolute atomic E-state index is 0.254. The molecule has 0 aliphatic heterocycles. The molecule has 0 saturated heterocycles. The van der Waals surface area contributed by atoms with Gasteiger partial charge in [0.05, 0.1) is 0 Å². The molecule has 0 radical (unpaired) electrons. The molecule has 1 heteroatoms. The van der Waals surface area contributed by atoms with E-state index in [1.54, 1.807) is 0 Å². The van der Waals surface area contributed by atoms with E-state index in [0.717, 1.165) is 19.3 Å². The van der Waals surface area contributed by atoms with E-state index in [2.05, 4.69) is 12.7 Å². The van der Waals surface area contributed by atoms with Crippen LogP contribution >= 0.6 is 0 Å². The smallest absolute Gasteiger partial charge is 0.0465 e. The van der Waals surface area contributed by atoms with Crippen LogP contribution in [0, 0.1) is 0 Å². The van der Waals surface area contributed by atoms with E-state index >= 15 is 0 Å². The highest BCUT2D eigenvalue weighted by atomic mass is 16.2. The van der Waals surface area contributed by atoms with Gasteiger partial charge in [0, 0.05) is 6.61 Å². The van der Waals surface area contributed by atoms with Crippen LogP contribution in [0.2, 0.25) is 0 Å². The fourth-order valence-corrected chi connectivity index (χ4v) is 0.640. The summed E-state index contributed by atoms with van der Waals surface area (Å²) >= 11 is 0. The lowest BCUT2D eigenvalue weighted by Gasteiger charge is -1.91. The van der Waals surface area contributed by atoms with Crippen LogP contribution in [0.25, 0.3) is 0 Å². The quantitative estimate of drug-likeness (QED) is 0.581. The van der Waals surface area contributed by atoms with Crippen LogP contribution in [0.4, 0.5) is 0 Å². The van der Waals surface area contributed by atoms with Gasteiger partial charge >= 0.3 is 0 Å². The van der Waals surface area contributed by atoms with Crippen LogP contribution in [0.5, 0.6) is 0 Å². The fraction of sp³-hybridized carbons (Fsp3) is 0.556. The molecule has 58 valence electrons. The summed E-state index contributed by atoms with van der Waals surface area (Å²) in [5.74, 6) is 0. The van der Waals surface area contributed by atoms with Gasteiger partial charge in [-0.15, -0.1) is 6.58 Å². The van der Waals surface area contributed by atoms with Crippen molar-refractivity contribution in [2.24, 2.45) is 0 Å². The Balaban J connectivity index is 3.10. The van der Waals surface area contributed by atoms with Gasteiger partial charge in [0.2, 0.25) is 0 Å². The molecule has 0 unspecified atom stereocenters. The molecule has 0 spiro atoms. The summed E-state index contributed by atoms with van der Waals surface area (Å²) in [6, 6.07) is 0. The molecule has 0 aromatic heterocycles. The lowest BCUT2D eigenvalue weighted by molar-refractivity contribution is 0.302. The second-order valence-corrected chi connectivity index (χ2v) is 2.48. The highest BCUT2D eigenvalue weighted by Crippen LogP contribution is 2.00. The zero-order valence-electron chi connectivity index (χ0n) is 6.64. The lowest BCUT2D eigenvalue weighted by atomic mass is 10.2. The highest BCUT2D eigenvalue weighted by molar-refractivity contribution is 4.92. The molecule has 0 aromatic rings. The number of aliphatic hydroxyl groups is 1. The first-order valence-electron chi connectivity index (χ1n) is 3.67. The molecule has 1 nitrogen and oxygen atoms in total. The van der Waals surface area contributed by atoms with E-state index < -0.39 is 0 Å². The largest absolute Gasteiger partial charge is 0.396 e. The van der Waals surface area contributed by atoms with Crippen molar-refractivity contribution in [3.63, 3.8) is 0 Å². The van der Waals surface area contributed by atoms with Crippen LogP contribution in [0.3, 0.4) is 0 Å². The Morgan fingerprint density at radius 3 is 2.50 bits per heavy atom. The zero-order chi connectivity index (χ0) is 7.82. The van der Waals surface area contributed by atoms with Crippen LogP contribution in [-0.2, 0) is 0 Å². The third-order valence-corrected chi connectivity index (χ3v) is 1.20. The van der Waals surface area contributed by atoms with Gasteiger partial charge in [-0.25, -0.2) is 0 Å². The SMILES string of the molecule is C=C(C)CC/C=C/CCO. The van der Waals surface area contributed by atoms with Crippen LogP contribution in [-0.4, -0.2) is 11.7 Å². The minimum Gasteiger partial charge on any atom is -0.396 e. The molecule has 0 aliphatic rings. The van der Waals surface area contributed by atoms with Gasteiger partial charge in [-0.1, -0.05) is 17.7 Å². The van der Waals surface area contributed by atoms with Gasteiger partial charge in [0.15, 0.2) is 0 Å². The van der Waals surface area contributed by atoms with E-state index in [0.29, 0.717) is 0 Å². The number of allylic oxidation sites excluding steroid dienone is 2. The molecule has 1 N–H and O–H groups in total. The second-order valence-electron chi connectivity index (χ2n) is 2.48. The first-order valence-corrected chi connectivity index (χ1v) is 3.67. The molecule has 0 bridgehead atoms. The van der Waals surface area contributed by atoms with Crippen molar-refractivity contribution in [2.45, 2.75) is 26.2 Å². The normalized spacial score (nSPS) is 10.6. The van der Waals surface area contributed by atoms with E-state index in [1.165, 1.54) is 5.57 Å². The summed E-state index contributed by atoms with van der Waals surface area (Å²) in [6.45, 7) is 6.07. The molecule has 0 fully saturated rings. The van der Waals surface area contributed by atoms with Gasteiger partial charge in [-0.05, 0) is 26.2 Å². The van der Waals surface area contributed by atoms with Crippen molar-refractivity contribution in [3.05, 3.63) is 24.3 Å². The third kappa shape index (κ3) is 7.44. The van der Waals surface area contributed by atoms with Gasteiger partial charge < -0.3 is 5.11 Å². The molecule has 10 heavy (non-hydrogen) atoms. The Kier molecular flexibility index (Phi) is 6.19. The van der Waals surface area contributed by atoms with Gasteiger partial charge in [0.25, 0.3) is 0 Å². The Labute approximate surface area is 63.1 Å². The molecule has 0 rings (SSSR count). The van der Waals surface area contributed by atoms with E-state index in [9.17, 15) is 0 Å². The Hall–Kier alpha value is -0.560. The predicted octanol–water partition coefficient (Wildman–Crippen LogP) is 2.28. The molecular weight excluding hydrogens is 124 g/mol. The third-order valence-electron chi connectivity index (χ3n) is 1.20. The minimum atomic E-state index is 0.254. The zero-order valence-corrected chi connectivity index (χ0v) is 6.64. The molecule has 0 aliphatic carbocycles. The van der Waals surface area contributed by atoms with E-state index in [1.807, 2.05) is 13.0 Å². The fourth-order valence-electron chi connectivity index (χ4n) is 0.640. The highest BCUT2D eigenvalue weighted by Gasteiger charge is 1.81. The van der Waals surface area contributed by atoms with Crippen LogP contribution in [0.1, 0.15) is 26.2 Å².